The first kappa shape index (κ1) is 28.0. The van der Waals surface area contributed by atoms with Crippen LogP contribution in [-0.2, 0) is 10.2 Å². The Morgan fingerprint density at radius 1 is 0.972 bits per heavy atom. The van der Waals surface area contributed by atoms with E-state index in [0.717, 1.165) is 56.3 Å². The summed E-state index contributed by atoms with van der Waals surface area (Å²) in [6, 6.07) is 13.3. The van der Waals surface area contributed by atoms with Gasteiger partial charge in [0.2, 0.25) is 0 Å². The Morgan fingerprint density at radius 2 is 1.61 bits per heavy atom. The maximum absolute atomic E-state index is 10.9. The molecule has 0 spiro atoms. The highest BCUT2D eigenvalue weighted by Crippen LogP contribution is 2.41. The van der Waals surface area contributed by atoms with Gasteiger partial charge in [0.15, 0.2) is 0 Å². The number of hydrogen-bond donors (Lipinski definition) is 2. The number of rotatable bonds is 12. The molecule has 0 bridgehead atoms. The van der Waals surface area contributed by atoms with Gasteiger partial charge in [0.05, 0.1) is 12.2 Å². The lowest BCUT2D eigenvalue weighted by Crippen LogP contribution is -2.28. The molecule has 0 amide bonds. The summed E-state index contributed by atoms with van der Waals surface area (Å²) in [5, 5.41) is 19.7. The van der Waals surface area contributed by atoms with Gasteiger partial charge in [-0.1, -0.05) is 75.6 Å². The molecule has 0 unspecified atom stereocenters. The van der Waals surface area contributed by atoms with Crippen LogP contribution in [0.1, 0.15) is 106 Å². The Hall–Kier alpha value is -2.59. The van der Waals surface area contributed by atoms with E-state index < -0.39 is 11.6 Å². The van der Waals surface area contributed by atoms with Gasteiger partial charge in [-0.25, -0.2) is 0 Å². The van der Waals surface area contributed by atoms with Crippen molar-refractivity contribution < 1.29 is 19.7 Å². The molecule has 0 aromatic heterocycles. The van der Waals surface area contributed by atoms with E-state index in [1.807, 2.05) is 6.08 Å². The van der Waals surface area contributed by atoms with E-state index in [4.69, 9.17) is 9.84 Å². The van der Waals surface area contributed by atoms with Crippen LogP contribution in [0.3, 0.4) is 0 Å². The SMILES string of the molecule is CCC(CC)(c1ccc(/C=C/C2(O)CCCCC2)c(C)c1)c1ccc(OCCCCC(=O)O)c(C)c1. The lowest BCUT2D eigenvalue weighted by atomic mass is 9.70. The predicted octanol–water partition coefficient (Wildman–Crippen LogP) is 7.75. The summed E-state index contributed by atoms with van der Waals surface area (Å²) in [6.45, 7) is 9.29. The van der Waals surface area contributed by atoms with Crippen molar-refractivity contribution in [1.29, 1.82) is 0 Å². The third-order valence-corrected chi connectivity index (χ3v) is 8.09. The van der Waals surface area contributed by atoms with Gasteiger partial charge in [0.25, 0.3) is 0 Å². The normalized spacial score (nSPS) is 15.8. The van der Waals surface area contributed by atoms with Gasteiger partial charge in [-0.2, -0.15) is 0 Å². The van der Waals surface area contributed by atoms with Crippen LogP contribution in [0, 0.1) is 13.8 Å². The van der Waals surface area contributed by atoms with Crippen molar-refractivity contribution >= 4 is 12.0 Å². The minimum atomic E-state index is -0.758. The first-order chi connectivity index (χ1) is 17.2. The number of carboxylic acids is 1. The van der Waals surface area contributed by atoms with Crippen molar-refractivity contribution in [3.63, 3.8) is 0 Å². The topological polar surface area (TPSA) is 66.8 Å². The molecule has 1 aliphatic carbocycles. The molecule has 0 saturated heterocycles. The Kier molecular flexibility index (Phi) is 9.78. The fraction of sp³-hybridized carbons (Fsp3) is 0.531. The molecule has 2 aromatic carbocycles. The number of aliphatic hydroxyl groups is 1. The Bertz CT molecular complexity index is 1040. The van der Waals surface area contributed by atoms with Crippen molar-refractivity contribution in [1.82, 2.24) is 0 Å². The average Bonchev–Trinajstić information content (AvgIpc) is 2.86. The maximum Gasteiger partial charge on any atom is 0.303 e. The Morgan fingerprint density at radius 3 is 2.19 bits per heavy atom. The van der Waals surface area contributed by atoms with Gasteiger partial charge in [-0.3, -0.25) is 4.79 Å². The minimum Gasteiger partial charge on any atom is -0.493 e. The number of unbranched alkanes of at least 4 members (excludes halogenated alkanes) is 1. The molecular formula is C32H44O4. The zero-order valence-electron chi connectivity index (χ0n) is 22.6. The first-order valence-corrected chi connectivity index (χ1v) is 13.7. The molecule has 0 atom stereocenters. The van der Waals surface area contributed by atoms with Crippen LogP contribution in [0.5, 0.6) is 5.75 Å². The zero-order valence-corrected chi connectivity index (χ0v) is 22.6. The molecule has 4 heteroatoms. The number of ether oxygens (including phenoxy) is 1. The summed E-state index contributed by atoms with van der Waals surface area (Å²) < 4.78 is 5.96. The van der Waals surface area contributed by atoms with Gasteiger partial charge in [-0.15, -0.1) is 0 Å². The van der Waals surface area contributed by atoms with Gasteiger partial charge in [0, 0.05) is 11.8 Å². The number of aliphatic carboxylic acids is 1. The summed E-state index contributed by atoms with van der Waals surface area (Å²) in [6.07, 6.45) is 12.8. The molecule has 196 valence electrons. The molecule has 2 aromatic rings. The van der Waals surface area contributed by atoms with E-state index in [1.165, 1.54) is 28.7 Å². The van der Waals surface area contributed by atoms with Crippen molar-refractivity contribution in [2.75, 3.05) is 6.61 Å². The fourth-order valence-electron chi connectivity index (χ4n) is 5.64. The lowest BCUT2D eigenvalue weighted by molar-refractivity contribution is -0.137. The van der Waals surface area contributed by atoms with E-state index in [9.17, 15) is 9.90 Å². The molecule has 1 aliphatic rings. The van der Waals surface area contributed by atoms with Crippen molar-refractivity contribution in [2.45, 2.75) is 103 Å². The maximum atomic E-state index is 10.9. The fourth-order valence-corrected chi connectivity index (χ4v) is 5.64. The largest absolute Gasteiger partial charge is 0.493 e. The van der Waals surface area contributed by atoms with E-state index in [0.29, 0.717) is 13.0 Å². The summed E-state index contributed by atoms with van der Waals surface area (Å²) >= 11 is 0. The van der Waals surface area contributed by atoms with E-state index in [1.54, 1.807) is 0 Å². The monoisotopic (exact) mass is 492 g/mol. The van der Waals surface area contributed by atoms with Crippen molar-refractivity contribution in [3.05, 3.63) is 70.3 Å². The van der Waals surface area contributed by atoms with Crippen LogP contribution >= 0.6 is 0 Å². The van der Waals surface area contributed by atoms with Gasteiger partial charge >= 0.3 is 5.97 Å². The molecule has 0 heterocycles. The third-order valence-electron chi connectivity index (χ3n) is 8.09. The van der Waals surface area contributed by atoms with Crippen molar-refractivity contribution in [2.24, 2.45) is 0 Å². The second-order valence-corrected chi connectivity index (χ2v) is 10.5. The molecule has 0 aliphatic heterocycles. The Balaban J connectivity index is 1.79. The van der Waals surface area contributed by atoms with Crippen LogP contribution in [0.2, 0.25) is 0 Å². The molecule has 1 saturated carbocycles. The standard InChI is InChI=1S/C32H44O4/c1-5-32(6-2,28-15-16-29(25(4)23-28)36-21-11-8-12-30(33)34)27-14-13-26(24(3)22-27)17-20-31(35)18-9-7-10-19-31/h13-17,20,22-23,35H,5-12,18-19,21H2,1-4H3,(H,33,34)/b20-17+. The molecule has 2 N–H and O–H groups in total. The zero-order chi connectivity index (χ0) is 26.2. The highest BCUT2D eigenvalue weighted by atomic mass is 16.5. The quantitative estimate of drug-likeness (QED) is 0.297. The van der Waals surface area contributed by atoms with Crippen molar-refractivity contribution in [3.8, 4) is 5.75 Å². The van der Waals surface area contributed by atoms with Crippen LogP contribution in [-0.4, -0.2) is 28.4 Å². The smallest absolute Gasteiger partial charge is 0.303 e. The number of carboxylic acid groups (broad SMARTS) is 1. The third kappa shape index (κ3) is 6.79. The summed E-state index contributed by atoms with van der Waals surface area (Å²) in [7, 11) is 0. The summed E-state index contributed by atoms with van der Waals surface area (Å²) in [5.41, 5.74) is 5.38. The summed E-state index contributed by atoms with van der Waals surface area (Å²) in [5.74, 6) is 0.110. The number of benzene rings is 2. The van der Waals surface area contributed by atoms with E-state index >= 15 is 0 Å². The van der Waals surface area contributed by atoms with E-state index in [-0.39, 0.29) is 11.8 Å². The molecular weight excluding hydrogens is 448 g/mol. The molecule has 0 radical (unpaired) electrons. The summed E-state index contributed by atoms with van der Waals surface area (Å²) in [4.78, 5) is 10.7. The minimum absolute atomic E-state index is 0.0840. The van der Waals surface area contributed by atoms with Gasteiger partial charge in [0.1, 0.15) is 5.75 Å². The predicted molar refractivity (Wildman–Crippen MR) is 148 cm³/mol. The van der Waals surface area contributed by atoms with Crippen LogP contribution in [0.25, 0.3) is 6.08 Å². The van der Waals surface area contributed by atoms with Crippen LogP contribution < -0.4 is 4.74 Å². The second-order valence-electron chi connectivity index (χ2n) is 10.5. The lowest BCUT2D eigenvalue weighted by Gasteiger charge is -2.34. The average molecular weight is 493 g/mol. The van der Waals surface area contributed by atoms with E-state index in [2.05, 4.69) is 70.2 Å². The second kappa shape index (κ2) is 12.6. The molecule has 1 fully saturated rings. The molecule has 3 rings (SSSR count). The number of carbonyl (C=O) groups is 1. The highest BCUT2D eigenvalue weighted by molar-refractivity contribution is 5.66. The molecule has 4 nitrogen and oxygen atoms in total. The van der Waals surface area contributed by atoms with Crippen LogP contribution in [0.4, 0.5) is 0 Å². The Labute approximate surface area is 217 Å². The first-order valence-electron chi connectivity index (χ1n) is 13.7. The number of aryl methyl sites for hydroxylation is 2. The van der Waals surface area contributed by atoms with Gasteiger partial charge in [-0.05, 0) is 86.3 Å². The number of hydrogen-bond acceptors (Lipinski definition) is 3. The molecule has 36 heavy (non-hydrogen) atoms. The van der Waals surface area contributed by atoms with Gasteiger partial charge < -0.3 is 14.9 Å². The van der Waals surface area contributed by atoms with Crippen LogP contribution in [0.15, 0.2) is 42.5 Å². The highest BCUT2D eigenvalue weighted by Gasteiger charge is 2.31.